The van der Waals surface area contributed by atoms with Crippen molar-refractivity contribution in [1.29, 1.82) is 0 Å². The van der Waals surface area contributed by atoms with Gasteiger partial charge in [-0.1, -0.05) is 29.8 Å². The topological polar surface area (TPSA) is 95.7 Å². The number of carboxylic acids is 1. The number of nitrogens with zero attached hydrogens (tertiary/aromatic N) is 1. The Morgan fingerprint density at radius 3 is 2.88 bits per heavy atom. The van der Waals surface area contributed by atoms with Gasteiger partial charge in [0.1, 0.15) is 0 Å². The third kappa shape index (κ3) is 6.32. The molecule has 8 heteroatoms. The molecule has 2 atom stereocenters. The normalized spacial score (nSPS) is 20.7. The third-order valence-corrected chi connectivity index (χ3v) is 5.75. The molecule has 0 radical (unpaired) electrons. The number of carboxylic acid groups (broad SMARTS) is 1. The highest BCUT2D eigenvalue weighted by Crippen LogP contribution is 2.29. The Morgan fingerprint density at radius 2 is 2.23 bits per heavy atom. The summed E-state index contributed by atoms with van der Waals surface area (Å²) in [6.07, 6.45) is 2.09. The summed E-state index contributed by atoms with van der Waals surface area (Å²) in [5.74, 6) is -0.755. The number of hydrogen-bond acceptors (Lipinski definition) is 5. The molecule has 1 aromatic rings. The van der Waals surface area contributed by atoms with Crippen molar-refractivity contribution in [3.63, 3.8) is 0 Å². The minimum Gasteiger partial charge on any atom is -0.478 e. The quantitative estimate of drug-likeness (QED) is 0.481. The first-order valence-corrected chi connectivity index (χ1v) is 9.83. The van der Waals surface area contributed by atoms with Crippen molar-refractivity contribution >= 4 is 35.2 Å². The molecule has 4 N–H and O–H groups in total. The molecule has 1 aliphatic heterocycles. The lowest BCUT2D eigenvalue weighted by Crippen LogP contribution is -2.40. The molecule has 1 saturated heterocycles. The van der Waals surface area contributed by atoms with Crippen LogP contribution in [0.2, 0.25) is 5.02 Å². The van der Waals surface area contributed by atoms with Crippen LogP contribution in [0, 0.1) is 0 Å². The summed E-state index contributed by atoms with van der Waals surface area (Å²) >= 11 is 7.76. The number of amides is 1. The van der Waals surface area contributed by atoms with Crippen molar-refractivity contribution in [1.82, 2.24) is 10.2 Å². The molecule has 1 amide bonds. The Hall–Kier alpha value is -1.54. The number of aliphatic carboxylic acids is 1. The second-order valence-corrected chi connectivity index (χ2v) is 7.88. The Kier molecular flexibility index (Phi) is 7.96. The van der Waals surface area contributed by atoms with E-state index in [1.54, 1.807) is 6.92 Å². The Labute approximate surface area is 162 Å². The van der Waals surface area contributed by atoms with Crippen LogP contribution in [-0.2, 0) is 16.1 Å². The first kappa shape index (κ1) is 20.8. The van der Waals surface area contributed by atoms with Crippen LogP contribution in [0.5, 0.6) is 0 Å². The Morgan fingerprint density at radius 1 is 1.50 bits per heavy atom. The first-order valence-electron chi connectivity index (χ1n) is 8.41. The van der Waals surface area contributed by atoms with Crippen molar-refractivity contribution in [2.45, 2.75) is 31.2 Å². The van der Waals surface area contributed by atoms with Crippen LogP contribution >= 0.6 is 23.4 Å². The van der Waals surface area contributed by atoms with E-state index in [9.17, 15) is 14.7 Å². The van der Waals surface area contributed by atoms with E-state index in [0.29, 0.717) is 24.0 Å². The van der Waals surface area contributed by atoms with Gasteiger partial charge in [0.05, 0.1) is 11.9 Å². The maximum atomic E-state index is 11.6. The van der Waals surface area contributed by atoms with Gasteiger partial charge < -0.3 is 16.2 Å². The van der Waals surface area contributed by atoms with E-state index >= 15 is 0 Å². The average molecular weight is 398 g/mol. The monoisotopic (exact) mass is 397 g/mol. The van der Waals surface area contributed by atoms with Gasteiger partial charge in [-0.3, -0.25) is 9.69 Å². The fourth-order valence-corrected chi connectivity index (χ4v) is 4.04. The minimum absolute atomic E-state index is 0.0574. The van der Waals surface area contributed by atoms with Crippen molar-refractivity contribution < 1.29 is 14.7 Å². The molecule has 1 heterocycles. The number of halogens is 1. The zero-order valence-corrected chi connectivity index (χ0v) is 16.2. The van der Waals surface area contributed by atoms with Gasteiger partial charge in [0.25, 0.3) is 0 Å². The largest absolute Gasteiger partial charge is 0.478 e. The lowest BCUT2D eigenvalue weighted by Gasteiger charge is -2.34. The summed E-state index contributed by atoms with van der Waals surface area (Å²) in [4.78, 5) is 24.9. The summed E-state index contributed by atoms with van der Waals surface area (Å²) in [5, 5.41) is 12.7. The van der Waals surface area contributed by atoms with Crippen LogP contribution in [0.4, 0.5) is 0 Å². The van der Waals surface area contributed by atoms with Gasteiger partial charge in [-0.15, -0.1) is 11.8 Å². The number of rotatable bonds is 7. The number of hydrogen-bond donors (Lipinski definition) is 3. The number of nitrogens with one attached hydrogen (secondary N) is 1. The van der Waals surface area contributed by atoms with Crippen LogP contribution in [0.15, 0.2) is 35.9 Å². The maximum Gasteiger partial charge on any atom is 0.328 e. The van der Waals surface area contributed by atoms with Crippen molar-refractivity contribution in [2.75, 3.05) is 19.0 Å². The SMILES string of the molecule is CC(N)C(=O)NCSC1CCN(Cc2ccccc2Cl)C/C1=C/C(=O)O. The average Bonchev–Trinajstić information content (AvgIpc) is 2.58. The molecule has 6 nitrogen and oxygen atoms in total. The van der Waals surface area contributed by atoms with Crippen molar-refractivity contribution in [3.8, 4) is 0 Å². The van der Waals surface area contributed by atoms with Gasteiger partial charge in [-0.2, -0.15) is 0 Å². The minimum atomic E-state index is -0.954. The highest BCUT2D eigenvalue weighted by atomic mass is 35.5. The summed E-state index contributed by atoms with van der Waals surface area (Å²) < 4.78 is 0. The zero-order valence-electron chi connectivity index (χ0n) is 14.7. The molecule has 1 aliphatic rings. The molecule has 2 unspecified atom stereocenters. The standard InChI is InChI=1S/C18H24ClN3O3S/c1-12(20)18(25)21-11-26-16-6-7-22(10-14(16)8-17(23)24)9-13-4-2-3-5-15(13)19/h2-5,8,12,16H,6-7,9-11,20H2,1H3,(H,21,25)(H,23,24)/b14-8-. The van der Waals surface area contributed by atoms with Gasteiger partial charge in [0.2, 0.25) is 5.91 Å². The molecule has 0 aromatic heterocycles. The highest BCUT2D eigenvalue weighted by molar-refractivity contribution is 8.00. The van der Waals surface area contributed by atoms with Gasteiger partial charge in [0.15, 0.2) is 0 Å². The van der Waals surface area contributed by atoms with E-state index in [1.165, 1.54) is 17.8 Å². The van der Waals surface area contributed by atoms with Crippen LogP contribution in [0.1, 0.15) is 18.9 Å². The summed E-state index contributed by atoms with van der Waals surface area (Å²) in [6.45, 7) is 3.70. The molecule has 0 aliphatic carbocycles. The predicted octanol–water partition coefficient (Wildman–Crippen LogP) is 2.08. The number of thioether (sulfide) groups is 1. The fraction of sp³-hybridized carbons (Fsp3) is 0.444. The number of likely N-dealkylation sites (tertiary alicyclic amines) is 1. The van der Waals surface area contributed by atoms with E-state index in [0.717, 1.165) is 24.1 Å². The number of carbonyl (C=O) groups excluding carboxylic acids is 1. The highest BCUT2D eigenvalue weighted by Gasteiger charge is 2.25. The number of benzene rings is 1. The first-order chi connectivity index (χ1) is 12.4. The number of nitrogens with two attached hydrogens (primary N) is 1. The zero-order chi connectivity index (χ0) is 19.1. The second-order valence-electron chi connectivity index (χ2n) is 6.28. The third-order valence-electron chi connectivity index (χ3n) is 4.13. The molecule has 0 bridgehead atoms. The lowest BCUT2D eigenvalue weighted by molar-refractivity contribution is -0.131. The van der Waals surface area contributed by atoms with E-state index in [2.05, 4.69) is 10.2 Å². The van der Waals surface area contributed by atoms with E-state index in [-0.39, 0.29) is 11.2 Å². The van der Waals surface area contributed by atoms with Crippen molar-refractivity contribution in [3.05, 3.63) is 46.5 Å². The predicted molar refractivity (Wildman–Crippen MR) is 105 cm³/mol. The lowest BCUT2D eigenvalue weighted by atomic mass is 10.0. The Balaban J connectivity index is 1.97. The summed E-state index contributed by atoms with van der Waals surface area (Å²) in [5.41, 5.74) is 7.39. The van der Waals surface area contributed by atoms with Crippen LogP contribution in [0.25, 0.3) is 0 Å². The molecule has 1 fully saturated rings. The van der Waals surface area contributed by atoms with Gasteiger partial charge in [0, 0.05) is 36.0 Å². The molecule has 0 spiro atoms. The molecular weight excluding hydrogens is 374 g/mol. The van der Waals surface area contributed by atoms with Gasteiger partial charge in [-0.05, 0) is 30.5 Å². The van der Waals surface area contributed by atoms with E-state index < -0.39 is 12.0 Å². The fourth-order valence-electron chi connectivity index (χ4n) is 2.79. The van der Waals surface area contributed by atoms with Crippen LogP contribution in [-0.4, -0.2) is 52.1 Å². The number of piperidine rings is 1. The molecule has 26 heavy (non-hydrogen) atoms. The molecule has 0 saturated carbocycles. The van der Waals surface area contributed by atoms with Gasteiger partial charge in [-0.25, -0.2) is 4.79 Å². The van der Waals surface area contributed by atoms with Gasteiger partial charge >= 0.3 is 5.97 Å². The van der Waals surface area contributed by atoms with Crippen molar-refractivity contribution in [2.24, 2.45) is 5.73 Å². The molecule has 1 aromatic carbocycles. The Bertz CT molecular complexity index is 681. The van der Waals surface area contributed by atoms with Crippen LogP contribution < -0.4 is 11.1 Å². The molecular formula is C18H24ClN3O3S. The van der Waals surface area contributed by atoms with E-state index in [1.807, 2.05) is 24.3 Å². The maximum absolute atomic E-state index is 11.6. The van der Waals surface area contributed by atoms with E-state index in [4.69, 9.17) is 17.3 Å². The smallest absolute Gasteiger partial charge is 0.328 e. The number of carbonyl (C=O) groups is 2. The summed E-state index contributed by atoms with van der Waals surface area (Å²) in [6, 6.07) is 7.11. The van der Waals surface area contributed by atoms with Crippen LogP contribution in [0.3, 0.4) is 0 Å². The summed E-state index contributed by atoms with van der Waals surface area (Å²) in [7, 11) is 0. The molecule has 2 rings (SSSR count). The molecule has 142 valence electrons. The second kappa shape index (κ2) is 9.97.